The number of carboxylic acids is 1. The summed E-state index contributed by atoms with van der Waals surface area (Å²) in [6, 6.07) is 10.7. The molecule has 0 amide bonds. The molecule has 0 fully saturated rings. The van der Waals surface area contributed by atoms with E-state index in [-0.39, 0.29) is 13.3 Å². The largest absolute Gasteiger partial charge is 0.481 e. The van der Waals surface area contributed by atoms with E-state index in [1.807, 2.05) is 29.9 Å². The summed E-state index contributed by atoms with van der Waals surface area (Å²) in [5.74, 6) is -0.631. The Bertz CT molecular complexity index is 1020. The van der Waals surface area contributed by atoms with E-state index in [2.05, 4.69) is 5.18 Å². The number of nitroso groups, excluding NO2 is 1. The lowest BCUT2D eigenvalue weighted by atomic mass is 9.90. The number of aliphatic carboxylic acids is 1. The minimum atomic E-state index is -0.949. The third kappa shape index (κ3) is 2.57. The first-order chi connectivity index (χ1) is 12.6. The molecule has 4 rings (SSSR count). The predicted octanol–water partition coefficient (Wildman–Crippen LogP) is 3.39. The van der Waals surface area contributed by atoms with Gasteiger partial charge < -0.3 is 19.1 Å². The van der Waals surface area contributed by atoms with E-state index in [9.17, 15) is 14.8 Å². The number of nitrogens with zero attached hydrogens (tertiary/aromatic N) is 2. The third-order valence-corrected chi connectivity index (χ3v) is 4.62. The van der Waals surface area contributed by atoms with Gasteiger partial charge in [0.15, 0.2) is 11.5 Å². The van der Waals surface area contributed by atoms with Crippen LogP contribution in [0.4, 0.5) is 0 Å². The summed E-state index contributed by atoms with van der Waals surface area (Å²) in [7, 11) is 1.85. The molecular formula is C19H16N2O5. The second kappa shape index (κ2) is 6.18. The first-order valence-electron chi connectivity index (χ1n) is 8.08. The number of carboxylic acid groups (broad SMARTS) is 1. The van der Waals surface area contributed by atoms with Crippen LogP contribution in [0.5, 0.6) is 11.5 Å². The molecule has 7 heteroatoms. The fourth-order valence-electron chi connectivity index (χ4n) is 3.41. The number of aromatic nitrogens is 1. The quantitative estimate of drug-likeness (QED) is 0.711. The highest BCUT2D eigenvalue weighted by Gasteiger charge is 2.28. The van der Waals surface area contributed by atoms with E-state index in [0.29, 0.717) is 22.6 Å². The van der Waals surface area contributed by atoms with Crippen molar-refractivity contribution in [3.8, 4) is 11.5 Å². The zero-order valence-corrected chi connectivity index (χ0v) is 14.0. The fraction of sp³-hybridized carbons (Fsp3) is 0.211. The van der Waals surface area contributed by atoms with E-state index in [4.69, 9.17) is 9.47 Å². The van der Waals surface area contributed by atoms with Gasteiger partial charge in [-0.15, -0.1) is 0 Å². The third-order valence-electron chi connectivity index (χ3n) is 4.62. The summed E-state index contributed by atoms with van der Waals surface area (Å²) < 4.78 is 12.5. The number of benzene rings is 2. The average molecular weight is 352 g/mol. The Balaban J connectivity index is 1.85. The predicted molar refractivity (Wildman–Crippen MR) is 94.5 cm³/mol. The van der Waals surface area contributed by atoms with Crippen LogP contribution in [0.15, 0.2) is 47.8 Å². The minimum absolute atomic E-state index is 0.0843. The molecule has 2 heterocycles. The van der Waals surface area contributed by atoms with Crippen molar-refractivity contribution < 1.29 is 19.4 Å². The highest BCUT2D eigenvalue weighted by atomic mass is 16.7. The van der Waals surface area contributed by atoms with Crippen molar-refractivity contribution in [2.45, 2.75) is 12.5 Å². The zero-order chi connectivity index (χ0) is 18.3. The first-order valence-corrected chi connectivity index (χ1v) is 8.08. The summed E-state index contributed by atoms with van der Waals surface area (Å²) in [5, 5.41) is 13.6. The van der Waals surface area contributed by atoms with Crippen LogP contribution in [0.1, 0.15) is 22.6 Å². The summed E-state index contributed by atoms with van der Waals surface area (Å²) >= 11 is 0. The molecule has 1 aliphatic heterocycles. The minimum Gasteiger partial charge on any atom is -0.481 e. The Morgan fingerprint density at radius 1 is 1.23 bits per heavy atom. The molecule has 0 saturated heterocycles. The smallest absolute Gasteiger partial charge is 0.315 e. The van der Waals surface area contributed by atoms with Crippen LogP contribution in [0.2, 0.25) is 0 Å². The van der Waals surface area contributed by atoms with Gasteiger partial charge in [-0.25, -0.2) is 0 Å². The van der Waals surface area contributed by atoms with Gasteiger partial charge in [-0.3, -0.25) is 4.79 Å². The lowest BCUT2D eigenvalue weighted by Crippen LogP contribution is -2.12. The van der Waals surface area contributed by atoms with Crippen molar-refractivity contribution in [2.75, 3.05) is 6.79 Å². The van der Waals surface area contributed by atoms with Gasteiger partial charge in [-0.2, -0.15) is 4.91 Å². The molecule has 1 aromatic heterocycles. The molecule has 1 N–H and O–H groups in total. The van der Waals surface area contributed by atoms with E-state index in [1.54, 1.807) is 24.3 Å². The van der Waals surface area contributed by atoms with Crippen molar-refractivity contribution >= 4 is 16.9 Å². The Kier molecular flexibility index (Phi) is 3.84. The van der Waals surface area contributed by atoms with Gasteiger partial charge in [-0.05, 0) is 34.9 Å². The van der Waals surface area contributed by atoms with Crippen LogP contribution >= 0.6 is 0 Å². The van der Waals surface area contributed by atoms with Crippen LogP contribution in [0.3, 0.4) is 0 Å². The molecule has 132 valence electrons. The van der Waals surface area contributed by atoms with Crippen molar-refractivity contribution in [1.29, 1.82) is 0 Å². The molecule has 2 aromatic carbocycles. The van der Waals surface area contributed by atoms with E-state index < -0.39 is 11.9 Å². The maximum Gasteiger partial charge on any atom is 0.315 e. The van der Waals surface area contributed by atoms with Gasteiger partial charge in [0.2, 0.25) is 6.79 Å². The monoisotopic (exact) mass is 352 g/mol. The lowest BCUT2D eigenvalue weighted by molar-refractivity contribution is -0.137. The van der Waals surface area contributed by atoms with E-state index in [0.717, 1.165) is 16.5 Å². The number of aryl methyl sites for hydroxylation is 1. The number of fused-ring (bicyclic) bond motifs is 2. The van der Waals surface area contributed by atoms with Crippen molar-refractivity contribution in [2.24, 2.45) is 12.2 Å². The van der Waals surface area contributed by atoms with Crippen LogP contribution < -0.4 is 9.47 Å². The molecule has 0 spiro atoms. The maximum absolute atomic E-state index is 12.1. The fourth-order valence-corrected chi connectivity index (χ4v) is 3.41. The molecule has 0 bridgehead atoms. The Morgan fingerprint density at radius 3 is 2.81 bits per heavy atom. The lowest BCUT2D eigenvalue weighted by Gasteiger charge is -2.13. The van der Waals surface area contributed by atoms with E-state index in [1.165, 1.54) is 0 Å². The van der Waals surface area contributed by atoms with Gasteiger partial charge in [0, 0.05) is 24.1 Å². The topological polar surface area (TPSA) is 90.1 Å². The van der Waals surface area contributed by atoms with Gasteiger partial charge in [0.1, 0.15) is 12.5 Å². The van der Waals surface area contributed by atoms with Gasteiger partial charge in [-0.1, -0.05) is 23.4 Å². The Labute approximate surface area is 148 Å². The number of hydrogen-bond acceptors (Lipinski definition) is 5. The van der Waals surface area contributed by atoms with Crippen molar-refractivity contribution in [3.63, 3.8) is 0 Å². The summed E-state index contributed by atoms with van der Waals surface area (Å²) in [6.45, 7) is 0.222. The maximum atomic E-state index is 12.1. The molecule has 0 radical (unpaired) electrons. The van der Waals surface area contributed by atoms with Crippen LogP contribution in [0, 0.1) is 4.91 Å². The molecule has 1 aliphatic rings. The first kappa shape index (κ1) is 16.1. The van der Waals surface area contributed by atoms with Crippen LogP contribution in [-0.4, -0.2) is 22.4 Å². The molecule has 26 heavy (non-hydrogen) atoms. The molecule has 7 nitrogen and oxygen atoms in total. The van der Waals surface area contributed by atoms with Crippen LogP contribution in [0.25, 0.3) is 10.9 Å². The molecule has 0 aliphatic carbocycles. The van der Waals surface area contributed by atoms with Crippen molar-refractivity contribution in [3.05, 3.63) is 64.2 Å². The zero-order valence-electron chi connectivity index (χ0n) is 14.0. The summed E-state index contributed by atoms with van der Waals surface area (Å²) in [6.07, 6.45) is 1.81. The second-order valence-corrected chi connectivity index (χ2v) is 6.22. The number of hydrogen-bond donors (Lipinski definition) is 1. The van der Waals surface area contributed by atoms with Gasteiger partial charge >= 0.3 is 5.97 Å². The normalized spacial score (nSPS) is 13.7. The van der Waals surface area contributed by atoms with Crippen molar-refractivity contribution in [1.82, 2.24) is 4.57 Å². The van der Waals surface area contributed by atoms with Crippen LogP contribution in [-0.2, 0) is 18.4 Å². The molecule has 0 saturated carbocycles. The summed E-state index contributed by atoms with van der Waals surface area (Å²) in [5.41, 5.74) is 2.94. The standard InChI is InChI=1S/C19H16N2O5/c1-21-9-14(13-4-2-11(8-20-24)6-15(13)21)18(19(22)23)12-3-5-16-17(7-12)26-10-25-16/h2-7,9,18H,8,10H2,1H3,(H,22,23). The van der Waals surface area contributed by atoms with E-state index >= 15 is 0 Å². The number of carbonyl (C=O) groups is 1. The molecule has 3 aromatic rings. The number of ether oxygens (including phenoxy) is 2. The Hall–Kier alpha value is -3.35. The SMILES string of the molecule is Cn1cc(C(C(=O)O)c2ccc3c(c2)OCO3)c2ccc(CN=O)cc21. The molecule has 1 atom stereocenters. The summed E-state index contributed by atoms with van der Waals surface area (Å²) in [4.78, 5) is 22.6. The molecular weight excluding hydrogens is 336 g/mol. The Morgan fingerprint density at radius 2 is 2.04 bits per heavy atom. The average Bonchev–Trinajstić information content (AvgIpc) is 3.20. The molecule has 1 unspecified atom stereocenters. The highest BCUT2D eigenvalue weighted by molar-refractivity contribution is 5.92. The van der Waals surface area contributed by atoms with Gasteiger partial charge in [0.05, 0.1) is 0 Å². The number of rotatable bonds is 5. The second-order valence-electron chi connectivity index (χ2n) is 6.22. The van der Waals surface area contributed by atoms with Gasteiger partial charge in [0.25, 0.3) is 0 Å². The highest BCUT2D eigenvalue weighted by Crippen LogP contribution is 2.38.